The number of hydrogen-bond acceptors (Lipinski definition) is 4. The van der Waals surface area contributed by atoms with Gasteiger partial charge in [0.25, 0.3) is 0 Å². The molecule has 84 valence electrons. The van der Waals surface area contributed by atoms with Gasteiger partial charge in [-0.25, -0.2) is 0 Å². The highest BCUT2D eigenvalue weighted by atomic mass is 32.1. The highest BCUT2D eigenvalue weighted by molar-refractivity contribution is 7.10. The van der Waals surface area contributed by atoms with E-state index in [1.54, 1.807) is 11.3 Å². The Labute approximate surface area is 99.3 Å². The van der Waals surface area contributed by atoms with E-state index in [9.17, 15) is 0 Å². The van der Waals surface area contributed by atoms with Crippen LogP contribution in [-0.4, -0.2) is 4.98 Å². The minimum atomic E-state index is 0.239. The Kier molecular flexibility index (Phi) is 3.54. The molecule has 4 heteroatoms. The van der Waals surface area contributed by atoms with E-state index >= 15 is 0 Å². The second-order valence-electron chi connectivity index (χ2n) is 3.66. The average Bonchev–Trinajstić information content (AvgIpc) is 2.73. The predicted octanol–water partition coefficient (Wildman–Crippen LogP) is 2.58. The summed E-state index contributed by atoms with van der Waals surface area (Å²) in [7, 11) is 0. The maximum atomic E-state index is 5.82. The van der Waals surface area contributed by atoms with Gasteiger partial charge < -0.3 is 11.1 Å². The number of thiophene rings is 1. The number of aromatic nitrogens is 1. The molecule has 16 heavy (non-hydrogen) atoms. The molecule has 2 aromatic rings. The fourth-order valence-corrected chi connectivity index (χ4v) is 2.23. The summed E-state index contributed by atoms with van der Waals surface area (Å²) in [6, 6.07) is 8.12. The van der Waals surface area contributed by atoms with Crippen molar-refractivity contribution < 1.29 is 0 Å². The number of nitrogen functional groups attached to an aromatic ring is 1. The molecule has 0 unspecified atom stereocenters. The number of nitrogens with two attached hydrogens (primary N) is 1. The lowest BCUT2D eigenvalue weighted by atomic mass is 10.2. The summed E-state index contributed by atoms with van der Waals surface area (Å²) in [5, 5.41) is 5.42. The molecule has 0 aromatic carbocycles. The van der Waals surface area contributed by atoms with Crippen LogP contribution in [0, 0.1) is 0 Å². The molecule has 0 bridgehead atoms. The Morgan fingerprint density at radius 3 is 2.94 bits per heavy atom. The van der Waals surface area contributed by atoms with Gasteiger partial charge in [0.15, 0.2) is 0 Å². The molecule has 2 heterocycles. The van der Waals surface area contributed by atoms with Crippen LogP contribution >= 0.6 is 11.3 Å². The SMILES string of the molecule is C[C@H](NCc1sccc1N)c1ccccn1. The van der Waals surface area contributed by atoms with Crippen LogP contribution in [0.5, 0.6) is 0 Å². The van der Waals surface area contributed by atoms with Gasteiger partial charge in [0.2, 0.25) is 0 Å². The van der Waals surface area contributed by atoms with Gasteiger partial charge in [-0.1, -0.05) is 6.07 Å². The first-order chi connectivity index (χ1) is 7.77. The van der Waals surface area contributed by atoms with Crippen molar-refractivity contribution in [1.29, 1.82) is 0 Å². The minimum Gasteiger partial charge on any atom is -0.398 e. The Hall–Kier alpha value is -1.39. The quantitative estimate of drug-likeness (QED) is 0.853. The van der Waals surface area contributed by atoms with Gasteiger partial charge in [-0.15, -0.1) is 11.3 Å². The van der Waals surface area contributed by atoms with Crippen LogP contribution in [0.4, 0.5) is 5.69 Å². The number of nitrogens with one attached hydrogen (secondary N) is 1. The highest BCUT2D eigenvalue weighted by Gasteiger charge is 2.07. The fourth-order valence-electron chi connectivity index (χ4n) is 1.48. The van der Waals surface area contributed by atoms with Crippen LogP contribution in [0.3, 0.4) is 0 Å². The summed E-state index contributed by atoms with van der Waals surface area (Å²) >= 11 is 1.68. The average molecular weight is 233 g/mol. The van der Waals surface area contributed by atoms with Crippen LogP contribution in [0.15, 0.2) is 35.8 Å². The lowest BCUT2D eigenvalue weighted by Crippen LogP contribution is -2.18. The van der Waals surface area contributed by atoms with Crippen molar-refractivity contribution >= 4 is 17.0 Å². The van der Waals surface area contributed by atoms with Gasteiger partial charge in [-0.05, 0) is 30.5 Å². The Morgan fingerprint density at radius 2 is 2.31 bits per heavy atom. The Balaban J connectivity index is 1.94. The minimum absolute atomic E-state index is 0.239. The monoisotopic (exact) mass is 233 g/mol. The van der Waals surface area contributed by atoms with Crippen LogP contribution in [0.2, 0.25) is 0 Å². The third kappa shape index (κ3) is 2.59. The molecule has 0 aliphatic rings. The molecule has 1 atom stereocenters. The maximum Gasteiger partial charge on any atom is 0.0570 e. The molecule has 0 spiro atoms. The predicted molar refractivity (Wildman–Crippen MR) is 68.2 cm³/mol. The summed E-state index contributed by atoms with van der Waals surface area (Å²) < 4.78 is 0. The molecule has 0 amide bonds. The van der Waals surface area contributed by atoms with Crippen molar-refractivity contribution in [3.8, 4) is 0 Å². The summed E-state index contributed by atoms with van der Waals surface area (Å²) in [6.45, 7) is 2.90. The standard InChI is InChI=1S/C12H15N3S/c1-9(11-4-2-3-6-14-11)15-8-12-10(13)5-7-16-12/h2-7,9,15H,8,13H2,1H3/t9-/m0/s1. The van der Waals surface area contributed by atoms with Gasteiger partial charge in [0, 0.05) is 29.3 Å². The van der Waals surface area contributed by atoms with Crippen molar-refractivity contribution in [2.24, 2.45) is 0 Å². The van der Waals surface area contributed by atoms with E-state index in [2.05, 4.69) is 17.2 Å². The van der Waals surface area contributed by atoms with Crippen LogP contribution < -0.4 is 11.1 Å². The van der Waals surface area contributed by atoms with Crippen molar-refractivity contribution in [3.63, 3.8) is 0 Å². The molecule has 2 rings (SSSR count). The molecule has 0 saturated carbocycles. The number of nitrogens with zero attached hydrogens (tertiary/aromatic N) is 1. The van der Waals surface area contributed by atoms with Gasteiger partial charge in [0.1, 0.15) is 0 Å². The molecule has 0 fully saturated rings. The molecule has 2 aromatic heterocycles. The highest BCUT2D eigenvalue weighted by Crippen LogP contribution is 2.19. The Bertz CT molecular complexity index is 439. The molecule has 0 saturated heterocycles. The number of hydrogen-bond donors (Lipinski definition) is 2. The van der Waals surface area contributed by atoms with Crippen molar-refractivity contribution in [1.82, 2.24) is 10.3 Å². The second kappa shape index (κ2) is 5.09. The topological polar surface area (TPSA) is 50.9 Å². The summed E-state index contributed by atoms with van der Waals surface area (Å²) in [5.41, 5.74) is 7.74. The van der Waals surface area contributed by atoms with E-state index in [1.165, 1.54) is 4.88 Å². The zero-order chi connectivity index (χ0) is 11.4. The van der Waals surface area contributed by atoms with E-state index in [-0.39, 0.29) is 6.04 Å². The van der Waals surface area contributed by atoms with E-state index in [4.69, 9.17) is 5.73 Å². The summed E-state index contributed by atoms with van der Waals surface area (Å²) in [6.07, 6.45) is 1.81. The number of anilines is 1. The lowest BCUT2D eigenvalue weighted by Gasteiger charge is -2.12. The maximum absolute atomic E-state index is 5.82. The Morgan fingerprint density at radius 1 is 1.44 bits per heavy atom. The van der Waals surface area contributed by atoms with Crippen molar-refractivity contribution in [2.45, 2.75) is 19.5 Å². The first-order valence-corrected chi connectivity index (χ1v) is 6.11. The van der Waals surface area contributed by atoms with Gasteiger partial charge in [-0.3, -0.25) is 4.98 Å². The first kappa shape index (κ1) is 11.1. The molecular weight excluding hydrogens is 218 g/mol. The molecule has 0 aliphatic carbocycles. The van der Waals surface area contributed by atoms with Gasteiger partial charge in [0.05, 0.1) is 5.69 Å². The van der Waals surface area contributed by atoms with Crippen LogP contribution in [0.25, 0.3) is 0 Å². The third-order valence-electron chi connectivity index (χ3n) is 2.48. The first-order valence-electron chi connectivity index (χ1n) is 5.23. The second-order valence-corrected chi connectivity index (χ2v) is 4.66. The van der Waals surface area contributed by atoms with Crippen molar-refractivity contribution in [3.05, 3.63) is 46.4 Å². The third-order valence-corrected chi connectivity index (χ3v) is 3.42. The number of rotatable bonds is 4. The molecule has 3 nitrogen and oxygen atoms in total. The summed E-state index contributed by atoms with van der Waals surface area (Å²) in [5.74, 6) is 0. The largest absolute Gasteiger partial charge is 0.398 e. The smallest absolute Gasteiger partial charge is 0.0570 e. The molecule has 3 N–H and O–H groups in total. The fraction of sp³-hybridized carbons (Fsp3) is 0.250. The molecule has 0 aliphatic heterocycles. The van der Waals surface area contributed by atoms with Crippen LogP contribution in [-0.2, 0) is 6.54 Å². The number of pyridine rings is 1. The molecule has 0 radical (unpaired) electrons. The van der Waals surface area contributed by atoms with Gasteiger partial charge >= 0.3 is 0 Å². The van der Waals surface area contributed by atoms with Crippen LogP contribution in [0.1, 0.15) is 23.5 Å². The van der Waals surface area contributed by atoms with E-state index in [0.29, 0.717) is 0 Å². The summed E-state index contributed by atoms with van der Waals surface area (Å²) in [4.78, 5) is 5.49. The van der Waals surface area contributed by atoms with E-state index in [1.807, 2.05) is 35.8 Å². The zero-order valence-electron chi connectivity index (χ0n) is 9.18. The molecular formula is C12H15N3S. The van der Waals surface area contributed by atoms with E-state index < -0.39 is 0 Å². The lowest BCUT2D eigenvalue weighted by molar-refractivity contribution is 0.566. The normalized spacial score (nSPS) is 12.6. The zero-order valence-corrected chi connectivity index (χ0v) is 10.00. The van der Waals surface area contributed by atoms with Gasteiger partial charge in [-0.2, -0.15) is 0 Å². The van der Waals surface area contributed by atoms with E-state index in [0.717, 1.165) is 17.9 Å². The van der Waals surface area contributed by atoms with Crippen molar-refractivity contribution in [2.75, 3.05) is 5.73 Å².